The molecule has 1 fully saturated rings. The maximum Gasteiger partial charge on any atom is 0.244 e. The molecule has 0 bridgehead atoms. The fourth-order valence-electron chi connectivity index (χ4n) is 3.63. The molecule has 6 heteroatoms. The van der Waals surface area contributed by atoms with Crippen LogP contribution in [0.2, 0.25) is 0 Å². The third-order valence-electron chi connectivity index (χ3n) is 4.86. The molecule has 26 heavy (non-hydrogen) atoms. The van der Waals surface area contributed by atoms with Gasteiger partial charge in [-0.25, -0.2) is 4.99 Å². The van der Waals surface area contributed by atoms with Crippen molar-refractivity contribution in [2.24, 2.45) is 4.99 Å². The Morgan fingerprint density at radius 2 is 2.04 bits per heavy atom. The number of likely N-dealkylation sites (tertiary alicyclic amines) is 1. The standard InChI is InChI=1S/C20H30N4O2/c1-4-21-19(22-14-18(25)24-11-7-8-12-24)23-16-13-20(2,3)26-17-10-6-5-9-15(16)17/h5-6,9-10,16H,4,7-8,11-14H2,1-3H3,(H2,21,22,23). The predicted octanol–water partition coefficient (Wildman–Crippen LogP) is 2.47. The lowest BCUT2D eigenvalue weighted by molar-refractivity contribution is -0.128. The maximum absolute atomic E-state index is 12.3. The van der Waals surface area contributed by atoms with Crippen LogP contribution in [0.1, 0.15) is 51.6 Å². The molecule has 1 aromatic rings. The van der Waals surface area contributed by atoms with E-state index < -0.39 is 0 Å². The van der Waals surface area contributed by atoms with Gasteiger partial charge in [-0.15, -0.1) is 0 Å². The monoisotopic (exact) mass is 358 g/mol. The SMILES string of the molecule is CCNC(=NCC(=O)N1CCCC1)NC1CC(C)(C)Oc2ccccc21. The van der Waals surface area contributed by atoms with Crippen molar-refractivity contribution in [3.63, 3.8) is 0 Å². The molecule has 0 spiro atoms. The van der Waals surface area contributed by atoms with Gasteiger partial charge < -0.3 is 20.3 Å². The average molecular weight is 358 g/mol. The van der Waals surface area contributed by atoms with E-state index in [9.17, 15) is 4.79 Å². The molecule has 0 radical (unpaired) electrons. The van der Waals surface area contributed by atoms with Crippen LogP contribution in [0.15, 0.2) is 29.3 Å². The van der Waals surface area contributed by atoms with Gasteiger partial charge in [0.15, 0.2) is 5.96 Å². The number of nitrogens with zero attached hydrogens (tertiary/aromatic N) is 2. The fraction of sp³-hybridized carbons (Fsp3) is 0.600. The highest BCUT2D eigenvalue weighted by Gasteiger charge is 2.34. The molecule has 0 aliphatic carbocycles. The number of hydrogen-bond donors (Lipinski definition) is 2. The van der Waals surface area contributed by atoms with Crippen LogP contribution in [-0.2, 0) is 4.79 Å². The summed E-state index contributed by atoms with van der Waals surface area (Å²) < 4.78 is 6.10. The smallest absolute Gasteiger partial charge is 0.244 e. The molecule has 1 amide bonds. The van der Waals surface area contributed by atoms with Gasteiger partial charge in [0.25, 0.3) is 0 Å². The highest BCUT2D eigenvalue weighted by molar-refractivity contribution is 5.85. The molecule has 0 aromatic heterocycles. The van der Waals surface area contributed by atoms with Gasteiger partial charge >= 0.3 is 0 Å². The van der Waals surface area contributed by atoms with E-state index >= 15 is 0 Å². The van der Waals surface area contributed by atoms with E-state index in [2.05, 4.69) is 35.5 Å². The van der Waals surface area contributed by atoms with E-state index in [-0.39, 0.29) is 24.1 Å². The molecule has 1 atom stereocenters. The number of carbonyl (C=O) groups is 1. The summed E-state index contributed by atoms with van der Waals surface area (Å²) in [5.74, 6) is 1.69. The van der Waals surface area contributed by atoms with Gasteiger partial charge in [-0.05, 0) is 39.7 Å². The van der Waals surface area contributed by atoms with Gasteiger partial charge in [0.1, 0.15) is 17.9 Å². The highest BCUT2D eigenvalue weighted by atomic mass is 16.5. The summed E-state index contributed by atoms with van der Waals surface area (Å²) >= 11 is 0. The number of aliphatic imine (C=N–C) groups is 1. The normalized spacial score (nSPS) is 21.7. The van der Waals surface area contributed by atoms with E-state index in [0.717, 1.165) is 50.2 Å². The average Bonchev–Trinajstić information content (AvgIpc) is 3.13. The van der Waals surface area contributed by atoms with E-state index in [1.54, 1.807) is 0 Å². The van der Waals surface area contributed by atoms with Crippen LogP contribution in [0.25, 0.3) is 0 Å². The van der Waals surface area contributed by atoms with Gasteiger partial charge in [-0.1, -0.05) is 18.2 Å². The lowest BCUT2D eigenvalue weighted by atomic mass is 9.90. The number of para-hydroxylation sites is 1. The third kappa shape index (κ3) is 4.48. The van der Waals surface area contributed by atoms with Crippen LogP contribution >= 0.6 is 0 Å². The van der Waals surface area contributed by atoms with Crippen molar-refractivity contribution in [1.82, 2.24) is 15.5 Å². The van der Waals surface area contributed by atoms with Gasteiger partial charge in [-0.2, -0.15) is 0 Å². The van der Waals surface area contributed by atoms with E-state index in [0.29, 0.717) is 5.96 Å². The topological polar surface area (TPSA) is 66.0 Å². The summed E-state index contributed by atoms with van der Waals surface area (Å²) in [6.07, 6.45) is 3.03. The van der Waals surface area contributed by atoms with Crippen molar-refractivity contribution < 1.29 is 9.53 Å². The van der Waals surface area contributed by atoms with Crippen LogP contribution in [0, 0.1) is 0 Å². The summed E-state index contributed by atoms with van der Waals surface area (Å²) in [6, 6.07) is 8.20. The third-order valence-corrected chi connectivity index (χ3v) is 4.86. The number of carbonyl (C=O) groups excluding carboxylic acids is 1. The lowest BCUT2D eigenvalue weighted by Gasteiger charge is -2.38. The maximum atomic E-state index is 12.3. The number of ether oxygens (including phenoxy) is 1. The molecule has 2 heterocycles. The van der Waals surface area contributed by atoms with Crippen molar-refractivity contribution in [3.8, 4) is 5.75 Å². The molecule has 2 aliphatic rings. The number of amides is 1. The van der Waals surface area contributed by atoms with Crippen LogP contribution in [0.3, 0.4) is 0 Å². The highest BCUT2D eigenvalue weighted by Crippen LogP contribution is 2.39. The molecule has 1 aromatic carbocycles. The minimum absolute atomic E-state index is 0.0923. The molecule has 2 N–H and O–H groups in total. The second-order valence-corrected chi connectivity index (χ2v) is 7.58. The molecule has 3 rings (SSSR count). The second kappa shape index (κ2) is 7.98. The molecular weight excluding hydrogens is 328 g/mol. The minimum Gasteiger partial charge on any atom is -0.487 e. The van der Waals surface area contributed by atoms with Crippen molar-refractivity contribution in [1.29, 1.82) is 0 Å². The Bertz CT molecular complexity index is 666. The largest absolute Gasteiger partial charge is 0.487 e. The Labute approximate surface area is 156 Å². The summed E-state index contributed by atoms with van der Waals surface area (Å²) in [7, 11) is 0. The fourth-order valence-corrected chi connectivity index (χ4v) is 3.63. The molecule has 0 saturated carbocycles. The summed E-state index contributed by atoms with van der Waals surface area (Å²) in [5.41, 5.74) is 0.873. The first-order valence-electron chi connectivity index (χ1n) is 9.59. The molecule has 2 aliphatic heterocycles. The van der Waals surface area contributed by atoms with Crippen LogP contribution in [0.5, 0.6) is 5.75 Å². The van der Waals surface area contributed by atoms with Gasteiger partial charge in [-0.3, -0.25) is 4.79 Å². The number of benzene rings is 1. The van der Waals surface area contributed by atoms with Crippen LogP contribution in [-0.4, -0.2) is 48.5 Å². The van der Waals surface area contributed by atoms with Gasteiger partial charge in [0.05, 0.1) is 6.04 Å². The van der Waals surface area contributed by atoms with Crippen molar-refractivity contribution in [2.75, 3.05) is 26.2 Å². The quantitative estimate of drug-likeness (QED) is 0.641. The first kappa shape index (κ1) is 18.5. The van der Waals surface area contributed by atoms with Crippen molar-refractivity contribution in [3.05, 3.63) is 29.8 Å². The summed E-state index contributed by atoms with van der Waals surface area (Å²) in [5, 5.41) is 6.76. The number of nitrogens with one attached hydrogen (secondary N) is 2. The Morgan fingerprint density at radius 3 is 2.77 bits per heavy atom. The van der Waals surface area contributed by atoms with E-state index in [4.69, 9.17) is 4.74 Å². The molecule has 142 valence electrons. The van der Waals surface area contributed by atoms with Crippen molar-refractivity contribution >= 4 is 11.9 Å². The predicted molar refractivity (Wildman–Crippen MR) is 103 cm³/mol. The Hall–Kier alpha value is -2.24. The molecule has 1 saturated heterocycles. The van der Waals surface area contributed by atoms with Crippen molar-refractivity contribution in [2.45, 2.75) is 51.7 Å². The summed E-state index contributed by atoms with van der Waals surface area (Å²) in [4.78, 5) is 18.7. The number of guanidine groups is 1. The van der Waals surface area contributed by atoms with Gasteiger partial charge in [0.2, 0.25) is 5.91 Å². The zero-order chi connectivity index (χ0) is 18.6. The summed E-state index contributed by atoms with van der Waals surface area (Å²) in [6.45, 7) is 8.87. The lowest BCUT2D eigenvalue weighted by Crippen LogP contribution is -2.45. The molecule has 1 unspecified atom stereocenters. The Morgan fingerprint density at radius 1 is 1.31 bits per heavy atom. The first-order valence-corrected chi connectivity index (χ1v) is 9.59. The molecular formula is C20H30N4O2. The first-order chi connectivity index (χ1) is 12.5. The zero-order valence-corrected chi connectivity index (χ0v) is 16.0. The van der Waals surface area contributed by atoms with E-state index in [1.807, 2.05) is 30.0 Å². The number of fused-ring (bicyclic) bond motifs is 1. The minimum atomic E-state index is -0.255. The second-order valence-electron chi connectivity index (χ2n) is 7.58. The zero-order valence-electron chi connectivity index (χ0n) is 16.0. The van der Waals surface area contributed by atoms with Gasteiger partial charge in [0, 0.05) is 31.6 Å². The number of rotatable bonds is 4. The van der Waals surface area contributed by atoms with E-state index in [1.165, 1.54) is 0 Å². The van der Waals surface area contributed by atoms with Crippen LogP contribution in [0.4, 0.5) is 0 Å². The number of hydrogen-bond acceptors (Lipinski definition) is 3. The Kier molecular flexibility index (Phi) is 5.69. The van der Waals surface area contributed by atoms with Crippen LogP contribution < -0.4 is 15.4 Å². The Balaban J connectivity index is 1.72. The molecule has 6 nitrogen and oxygen atoms in total.